The van der Waals surface area contributed by atoms with E-state index in [4.69, 9.17) is 14.3 Å². The van der Waals surface area contributed by atoms with Crippen molar-refractivity contribution in [3.8, 4) is 28.3 Å². The Bertz CT molecular complexity index is 1580. The molecule has 0 saturated carbocycles. The number of nitrogens with zero attached hydrogens (tertiary/aromatic N) is 1. The second kappa shape index (κ2) is 8.98. The summed E-state index contributed by atoms with van der Waals surface area (Å²) in [5, 5.41) is 21.7. The maximum absolute atomic E-state index is 10.6. The van der Waals surface area contributed by atoms with E-state index in [1.807, 2.05) is 56.3 Å². The van der Waals surface area contributed by atoms with Crippen LogP contribution in [-0.2, 0) is 4.65 Å². The summed E-state index contributed by atoms with van der Waals surface area (Å²) in [6.45, 7) is 7.22. The zero-order valence-corrected chi connectivity index (χ0v) is 20.9. The molecule has 4 nitrogen and oxygen atoms in total. The Kier molecular flexibility index (Phi) is 5.96. The number of aliphatic hydroxyl groups is 1. The van der Waals surface area contributed by atoms with Crippen molar-refractivity contribution in [3.63, 3.8) is 0 Å². The molecule has 0 aliphatic heterocycles. The molecule has 1 radical (unpaired) electrons. The minimum atomic E-state index is -1.05. The molecule has 5 heteroatoms. The molecule has 0 spiro atoms. The van der Waals surface area contributed by atoms with E-state index in [0.29, 0.717) is 5.56 Å². The van der Waals surface area contributed by atoms with Gasteiger partial charge in [0, 0.05) is 10.8 Å². The van der Waals surface area contributed by atoms with E-state index >= 15 is 0 Å². The highest BCUT2D eigenvalue weighted by molar-refractivity contribution is 6.54. The summed E-state index contributed by atoms with van der Waals surface area (Å²) < 4.78 is 12.5. The average molecular weight is 472 g/mol. The fourth-order valence-electron chi connectivity index (χ4n) is 4.11. The molecule has 1 N–H and O–H groups in total. The van der Waals surface area contributed by atoms with E-state index in [9.17, 15) is 5.11 Å². The van der Waals surface area contributed by atoms with E-state index in [2.05, 4.69) is 48.5 Å². The number of furan rings is 1. The van der Waals surface area contributed by atoms with Gasteiger partial charge in [0.25, 0.3) is 0 Å². The number of rotatable bonds is 6. The molecular formula is C31H27BNO3. The molecule has 1 aromatic heterocycles. The van der Waals surface area contributed by atoms with Gasteiger partial charge in [0.2, 0.25) is 0 Å². The van der Waals surface area contributed by atoms with Crippen molar-refractivity contribution in [3.05, 3.63) is 90.5 Å². The molecule has 0 bridgehead atoms. The first-order valence-electron chi connectivity index (χ1n) is 12.0. The first-order chi connectivity index (χ1) is 17.2. The molecule has 4 aromatic carbocycles. The van der Waals surface area contributed by atoms with Gasteiger partial charge in [-0.1, -0.05) is 60.7 Å². The van der Waals surface area contributed by atoms with Crippen molar-refractivity contribution in [2.24, 2.45) is 0 Å². The van der Waals surface area contributed by atoms with Crippen molar-refractivity contribution in [2.45, 2.75) is 38.9 Å². The number of hydrogen-bond donors (Lipinski definition) is 1. The van der Waals surface area contributed by atoms with Crippen LogP contribution in [-0.4, -0.2) is 23.8 Å². The van der Waals surface area contributed by atoms with Crippen LogP contribution in [0.2, 0.25) is 0 Å². The molecule has 0 atom stereocenters. The highest BCUT2D eigenvalue weighted by atomic mass is 16.5. The van der Waals surface area contributed by atoms with E-state index in [-0.39, 0.29) is 0 Å². The minimum absolute atomic E-state index is 0.642. The summed E-state index contributed by atoms with van der Waals surface area (Å²) in [6.07, 6.45) is 0. The number of benzene rings is 4. The summed E-state index contributed by atoms with van der Waals surface area (Å²) in [4.78, 5) is 0. The van der Waals surface area contributed by atoms with Gasteiger partial charge < -0.3 is 14.2 Å². The number of hydrogen-bond acceptors (Lipinski definition) is 4. The molecule has 1 heterocycles. The Labute approximate surface area is 212 Å². The normalized spacial score (nSPS) is 12.1. The zero-order valence-electron chi connectivity index (χ0n) is 20.9. The van der Waals surface area contributed by atoms with Gasteiger partial charge in [-0.15, -0.1) is 0 Å². The average Bonchev–Trinajstić information content (AvgIpc) is 3.26. The molecule has 5 rings (SSSR count). The van der Waals surface area contributed by atoms with Gasteiger partial charge >= 0.3 is 7.48 Å². The Morgan fingerprint density at radius 1 is 0.778 bits per heavy atom. The Morgan fingerprint density at radius 2 is 1.39 bits per heavy atom. The highest BCUT2D eigenvalue weighted by Gasteiger charge is 2.36. The topological polar surface area (TPSA) is 66.4 Å². The molecule has 0 amide bonds. The first kappa shape index (κ1) is 23.9. The lowest BCUT2D eigenvalue weighted by atomic mass is 9.77. The van der Waals surface area contributed by atoms with Crippen LogP contribution in [0, 0.1) is 11.3 Å². The third kappa shape index (κ3) is 4.31. The van der Waals surface area contributed by atoms with Crippen LogP contribution in [0.3, 0.4) is 0 Å². The second-order valence-electron chi connectivity index (χ2n) is 10.1. The van der Waals surface area contributed by atoms with Crippen LogP contribution in [0.15, 0.2) is 89.3 Å². The summed E-state index contributed by atoms with van der Waals surface area (Å²) in [5.41, 5.74) is 5.27. The third-order valence-electron chi connectivity index (χ3n) is 7.07. The summed E-state index contributed by atoms with van der Waals surface area (Å²) in [6, 6.07) is 30.2. The van der Waals surface area contributed by atoms with Gasteiger partial charge in [-0.25, -0.2) is 0 Å². The maximum atomic E-state index is 10.6. The minimum Gasteiger partial charge on any atom is -0.457 e. The predicted molar refractivity (Wildman–Crippen MR) is 146 cm³/mol. The maximum Gasteiger partial charge on any atom is 0.335 e. The van der Waals surface area contributed by atoms with E-state index in [1.54, 1.807) is 21.3 Å². The van der Waals surface area contributed by atoms with E-state index < -0.39 is 11.2 Å². The van der Waals surface area contributed by atoms with Crippen molar-refractivity contribution < 1.29 is 14.2 Å². The lowest BCUT2D eigenvalue weighted by Gasteiger charge is -2.37. The molecule has 5 aromatic rings. The van der Waals surface area contributed by atoms with Crippen LogP contribution >= 0.6 is 0 Å². The van der Waals surface area contributed by atoms with E-state index in [0.717, 1.165) is 49.7 Å². The Hall–Kier alpha value is -3.85. The molecule has 36 heavy (non-hydrogen) atoms. The Balaban J connectivity index is 1.59. The fourth-order valence-corrected chi connectivity index (χ4v) is 4.11. The van der Waals surface area contributed by atoms with Gasteiger partial charge in [0.1, 0.15) is 11.2 Å². The van der Waals surface area contributed by atoms with Gasteiger partial charge in [-0.05, 0) is 79.7 Å². The molecule has 0 aliphatic rings. The predicted octanol–water partition coefficient (Wildman–Crippen LogP) is 6.60. The van der Waals surface area contributed by atoms with Gasteiger partial charge in [0.15, 0.2) is 0 Å². The van der Waals surface area contributed by atoms with E-state index in [1.165, 1.54) is 0 Å². The molecule has 0 fully saturated rings. The smallest absolute Gasteiger partial charge is 0.335 e. The zero-order chi connectivity index (χ0) is 25.5. The number of para-hydroxylation sites is 1. The lowest BCUT2D eigenvalue weighted by molar-refractivity contribution is -0.0893. The second-order valence-corrected chi connectivity index (χ2v) is 10.1. The monoisotopic (exact) mass is 472 g/mol. The summed E-state index contributed by atoms with van der Waals surface area (Å²) in [5.74, 6) is 0. The van der Waals surface area contributed by atoms with Crippen molar-refractivity contribution in [2.75, 3.05) is 0 Å². The Morgan fingerprint density at radius 3 is 2.03 bits per heavy atom. The summed E-state index contributed by atoms with van der Waals surface area (Å²) in [7, 11) is 1.71. The van der Waals surface area contributed by atoms with Gasteiger partial charge in [0.05, 0.1) is 22.8 Å². The molecule has 0 saturated heterocycles. The van der Waals surface area contributed by atoms with Crippen LogP contribution in [0.5, 0.6) is 0 Å². The van der Waals surface area contributed by atoms with Crippen molar-refractivity contribution in [1.29, 1.82) is 5.26 Å². The SMILES string of the molecule is CC(C)(O)C(C)(C)O[B]c1c(-c2ccc(-c3ccc(C#N)cc3)cc2)ccc2c1oc1ccccc12. The first-order valence-corrected chi connectivity index (χ1v) is 12.0. The van der Waals surface area contributed by atoms with Gasteiger partial charge in [-0.2, -0.15) is 5.26 Å². The van der Waals surface area contributed by atoms with Crippen molar-refractivity contribution >= 4 is 34.9 Å². The number of fused-ring (bicyclic) bond motifs is 3. The lowest BCUT2D eigenvalue weighted by Crippen LogP contribution is -2.49. The van der Waals surface area contributed by atoms with Crippen LogP contribution in [0.1, 0.15) is 33.3 Å². The quantitative estimate of drug-likeness (QED) is 0.283. The molecule has 177 valence electrons. The third-order valence-corrected chi connectivity index (χ3v) is 7.07. The molecule has 0 unspecified atom stereocenters. The molecular weight excluding hydrogens is 445 g/mol. The van der Waals surface area contributed by atoms with Crippen LogP contribution < -0.4 is 5.46 Å². The standard InChI is InChI=1S/C31H27BNO3/c1-30(2,34)31(3,4)36-32-28-24(17-18-26-25-7-5-6-8-27(25)35-29(26)28)23-15-13-22(14-16-23)21-11-9-20(19-33)10-12-21/h5-18,34H,1-4H3. The van der Waals surface area contributed by atoms with Crippen LogP contribution in [0.4, 0.5) is 0 Å². The summed E-state index contributed by atoms with van der Waals surface area (Å²) >= 11 is 0. The number of nitriles is 1. The van der Waals surface area contributed by atoms with Gasteiger partial charge in [-0.3, -0.25) is 0 Å². The molecule has 0 aliphatic carbocycles. The fraction of sp³-hybridized carbons (Fsp3) is 0.194. The highest BCUT2D eigenvalue weighted by Crippen LogP contribution is 2.32. The largest absolute Gasteiger partial charge is 0.457 e. The van der Waals surface area contributed by atoms with Crippen LogP contribution in [0.25, 0.3) is 44.2 Å². The van der Waals surface area contributed by atoms with Crippen molar-refractivity contribution in [1.82, 2.24) is 0 Å².